The summed E-state index contributed by atoms with van der Waals surface area (Å²) in [6.45, 7) is 0. The van der Waals surface area contributed by atoms with E-state index in [2.05, 4.69) is 5.10 Å². The molecule has 0 saturated carbocycles. The van der Waals surface area contributed by atoms with E-state index in [1.807, 2.05) is 60.9 Å². The molecule has 0 radical (unpaired) electrons. The van der Waals surface area contributed by atoms with Gasteiger partial charge in [-0.05, 0) is 29.8 Å². The van der Waals surface area contributed by atoms with Crippen LogP contribution < -0.4 is 0 Å². The summed E-state index contributed by atoms with van der Waals surface area (Å²) in [4.78, 5) is 0. The normalized spacial score (nSPS) is 10.6. The van der Waals surface area contributed by atoms with E-state index < -0.39 is 0 Å². The predicted molar refractivity (Wildman–Crippen MR) is 79.0 cm³/mol. The summed E-state index contributed by atoms with van der Waals surface area (Å²) >= 11 is 12.0. The Balaban J connectivity index is 2.00. The fourth-order valence-corrected chi connectivity index (χ4v) is 2.23. The first-order valence-electron chi connectivity index (χ1n) is 5.79. The molecule has 1 heterocycles. The van der Waals surface area contributed by atoms with Gasteiger partial charge < -0.3 is 0 Å². The van der Waals surface area contributed by atoms with Gasteiger partial charge in [0.2, 0.25) is 0 Å². The number of benzene rings is 2. The van der Waals surface area contributed by atoms with Gasteiger partial charge in [-0.3, -0.25) is 0 Å². The Morgan fingerprint density at radius 1 is 0.842 bits per heavy atom. The monoisotopic (exact) mass is 288 g/mol. The van der Waals surface area contributed by atoms with Gasteiger partial charge in [-0.15, -0.1) is 0 Å². The van der Waals surface area contributed by atoms with E-state index in [4.69, 9.17) is 23.2 Å². The van der Waals surface area contributed by atoms with Crippen LogP contribution in [0.2, 0.25) is 10.0 Å². The zero-order valence-corrected chi connectivity index (χ0v) is 11.4. The maximum absolute atomic E-state index is 6.16. The third-order valence-electron chi connectivity index (χ3n) is 2.86. The summed E-state index contributed by atoms with van der Waals surface area (Å²) in [5.74, 6) is 0. The van der Waals surface area contributed by atoms with E-state index in [1.54, 1.807) is 4.68 Å². The average Bonchev–Trinajstić information content (AvgIpc) is 2.89. The van der Waals surface area contributed by atoms with Gasteiger partial charge in [0.1, 0.15) is 0 Å². The third kappa shape index (κ3) is 2.50. The molecule has 0 bridgehead atoms. The molecule has 0 fully saturated rings. The van der Waals surface area contributed by atoms with E-state index in [-0.39, 0.29) is 0 Å². The van der Waals surface area contributed by atoms with Crippen LogP contribution in [0, 0.1) is 0 Å². The lowest BCUT2D eigenvalue weighted by atomic mass is 10.1. The molecule has 1 aromatic heterocycles. The van der Waals surface area contributed by atoms with Crippen molar-refractivity contribution in [2.24, 2.45) is 0 Å². The maximum atomic E-state index is 6.16. The standard InChI is InChI=1S/C15H10Cl2N2/c16-13-7-5-11(6-8-13)12-9-18-19(10-12)15-4-2-1-3-14(15)17/h1-10H. The minimum absolute atomic E-state index is 0.674. The molecule has 19 heavy (non-hydrogen) atoms. The minimum Gasteiger partial charge on any atom is -0.239 e. The minimum atomic E-state index is 0.674. The van der Waals surface area contributed by atoms with E-state index in [1.165, 1.54) is 0 Å². The second kappa shape index (κ2) is 5.08. The number of aromatic nitrogens is 2. The van der Waals surface area contributed by atoms with Crippen LogP contribution in [0.3, 0.4) is 0 Å². The highest BCUT2D eigenvalue weighted by Crippen LogP contribution is 2.24. The Bertz CT molecular complexity index is 702. The van der Waals surface area contributed by atoms with Crippen molar-refractivity contribution >= 4 is 23.2 Å². The molecule has 3 aromatic rings. The molecule has 0 unspecified atom stereocenters. The molecular weight excluding hydrogens is 279 g/mol. The first kappa shape index (κ1) is 12.3. The third-order valence-corrected chi connectivity index (χ3v) is 3.43. The van der Waals surface area contributed by atoms with Gasteiger partial charge in [0.15, 0.2) is 0 Å². The quantitative estimate of drug-likeness (QED) is 0.659. The van der Waals surface area contributed by atoms with Gasteiger partial charge >= 0.3 is 0 Å². The summed E-state index contributed by atoms with van der Waals surface area (Å²) in [5.41, 5.74) is 2.96. The number of hydrogen-bond donors (Lipinski definition) is 0. The molecule has 0 aliphatic carbocycles. The van der Waals surface area contributed by atoms with Crippen molar-refractivity contribution in [3.63, 3.8) is 0 Å². The van der Waals surface area contributed by atoms with E-state index in [0.717, 1.165) is 21.8 Å². The highest BCUT2D eigenvalue weighted by atomic mass is 35.5. The average molecular weight is 289 g/mol. The van der Waals surface area contributed by atoms with Crippen LogP contribution in [-0.2, 0) is 0 Å². The Labute approximate surface area is 121 Å². The van der Waals surface area contributed by atoms with E-state index >= 15 is 0 Å². The van der Waals surface area contributed by atoms with Crippen molar-refractivity contribution in [1.29, 1.82) is 0 Å². The fraction of sp³-hybridized carbons (Fsp3) is 0. The van der Waals surface area contributed by atoms with Gasteiger partial charge in [0, 0.05) is 16.8 Å². The molecule has 0 atom stereocenters. The van der Waals surface area contributed by atoms with Gasteiger partial charge in [-0.1, -0.05) is 47.5 Å². The van der Waals surface area contributed by atoms with Crippen molar-refractivity contribution in [3.05, 3.63) is 71.0 Å². The van der Waals surface area contributed by atoms with Crippen molar-refractivity contribution < 1.29 is 0 Å². The first-order valence-corrected chi connectivity index (χ1v) is 6.55. The van der Waals surface area contributed by atoms with E-state index in [0.29, 0.717) is 5.02 Å². The van der Waals surface area contributed by atoms with Crippen LogP contribution in [0.1, 0.15) is 0 Å². The molecule has 0 spiro atoms. The molecule has 3 rings (SSSR count). The molecule has 2 nitrogen and oxygen atoms in total. The van der Waals surface area contributed by atoms with Crippen molar-refractivity contribution in [1.82, 2.24) is 9.78 Å². The Hall–Kier alpha value is -1.77. The lowest BCUT2D eigenvalue weighted by Crippen LogP contribution is -1.94. The fourth-order valence-electron chi connectivity index (χ4n) is 1.88. The smallest absolute Gasteiger partial charge is 0.0831 e. The topological polar surface area (TPSA) is 17.8 Å². The molecule has 0 N–H and O–H groups in total. The highest BCUT2D eigenvalue weighted by molar-refractivity contribution is 6.32. The van der Waals surface area contributed by atoms with Crippen LogP contribution in [0.25, 0.3) is 16.8 Å². The lowest BCUT2D eigenvalue weighted by molar-refractivity contribution is 0.881. The largest absolute Gasteiger partial charge is 0.239 e. The van der Waals surface area contributed by atoms with Crippen molar-refractivity contribution in [2.75, 3.05) is 0 Å². The molecular formula is C15H10Cl2N2. The Morgan fingerprint density at radius 2 is 1.58 bits per heavy atom. The Kier molecular flexibility index (Phi) is 3.28. The number of hydrogen-bond acceptors (Lipinski definition) is 1. The molecule has 0 saturated heterocycles. The SMILES string of the molecule is Clc1ccc(-c2cnn(-c3ccccc3Cl)c2)cc1. The van der Waals surface area contributed by atoms with Crippen molar-refractivity contribution in [2.45, 2.75) is 0 Å². The van der Waals surface area contributed by atoms with Gasteiger partial charge in [0.25, 0.3) is 0 Å². The molecule has 94 valence electrons. The first-order chi connectivity index (χ1) is 9.24. The van der Waals surface area contributed by atoms with Gasteiger partial charge in [0.05, 0.1) is 16.9 Å². The molecule has 0 aliphatic heterocycles. The van der Waals surface area contributed by atoms with Gasteiger partial charge in [-0.2, -0.15) is 5.10 Å². The lowest BCUT2D eigenvalue weighted by Gasteiger charge is -2.02. The van der Waals surface area contributed by atoms with Crippen LogP contribution in [-0.4, -0.2) is 9.78 Å². The van der Waals surface area contributed by atoms with Crippen LogP contribution in [0.15, 0.2) is 60.9 Å². The van der Waals surface area contributed by atoms with Crippen LogP contribution in [0.5, 0.6) is 0 Å². The summed E-state index contributed by atoms with van der Waals surface area (Å²) in [6.07, 6.45) is 3.76. The zero-order chi connectivity index (χ0) is 13.2. The summed E-state index contributed by atoms with van der Waals surface area (Å²) in [7, 11) is 0. The number of para-hydroxylation sites is 1. The Morgan fingerprint density at radius 3 is 2.32 bits per heavy atom. The van der Waals surface area contributed by atoms with Crippen molar-refractivity contribution in [3.8, 4) is 16.8 Å². The summed E-state index contributed by atoms with van der Waals surface area (Å²) < 4.78 is 1.77. The van der Waals surface area contributed by atoms with Crippen LogP contribution >= 0.6 is 23.2 Å². The molecule has 0 amide bonds. The number of halogens is 2. The second-order valence-electron chi connectivity index (χ2n) is 4.13. The predicted octanol–water partition coefficient (Wildman–Crippen LogP) is 4.85. The number of nitrogens with zero attached hydrogens (tertiary/aromatic N) is 2. The van der Waals surface area contributed by atoms with Crippen LogP contribution in [0.4, 0.5) is 0 Å². The highest BCUT2D eigenvalue weighted by Gasteiger charge is 2.05. The zero-order valence-electron chi connectivity index (χ0n) is 9.92. The molecule has 2 aromatic carbocycles. The summed E-state index contributed by atoms with van der Waals surface area (Å²) in [6, 6.07) is 15.3. The molecule has 0 aliphatic rings. The maximum Gasteiger partial charge on any atom is 0.0831 e. The second-order valence-corrected chi connectivity index (χ2v) is 4.98. The summed E-state index contributed by atoms with van der Waals surface area (Å²) in [5, 5.41) is 5.74. The number of rotatable bonds is 2. The molecule has 4 heteroatoms. The van der Waals surface area contributed by atoms with E-state index in [9.17, 15) is 0 Å². The van der Waals surface area contributed by atoms with Gasteiger partial charge in [-0.25, -0.2) is 4.68 Å².